The van der Waals surface area contributed by atoms with Gasteiger partial charge in [-0.25, -0.2) is 0 Å². The second kappa shape index (κ2) is 16.3. The number of rotatable bonds is 16. The molecular weight excluding hydrogens is 276 g/mol. The summed E-state index contributed by atoms with van der Waals surface area (Å²) >= 11 is 0. The standard InChI is InChI=1S/C19H34O3/c1-2-3-4-5-6-9-12-15-18(20)16-13-10-7-8-11-14-17-19(21)22/h12,15H,2-11,13-14,16-17H2,1H3,(H,21,22). The first-order chi connectivity index (χ1) is 10.7. The van der Waals surface area contributed by atoms with Crippen LogP contribution in [0.15, 0.2) is 12.2 Å². The van der Waals surface area contributed by atoms with Gasteiger partial charge in [-0.1, -0.05) is 64.4 Å². The van der Waals surface area contributed by atoms with E-state index in [0.717, 1.165) is 44.9 Å². The molecule has 0 aromatic carbocycles. The van der Waals surface area contributed by atoms with Crippen molar-refractivity contribution < 1.29 is 14.7 Å². The molecule has 22 heavy (non-hydrogen) atoms. The zero-order valence-electron chi connectivity index (χ0n) is 14.3. The van der Waals surface area contributed by atoms with E-state index in [2.05, 4.69) is 6.92 Å². The average molecular weight is 310 g/mol. The molecule has 0 amide bonds. The highest BCUT2D eigenvalue weighted by molar-refractivity contribution is 5.89. The van der Waals surface area contributed by atoms with Crippen molar-refractivity contribution in [2.75, 3.05) is 0 Å². The number of carbonyl (C=O) groups excluding carboxylic acids is 1. The molecule has 1 N–H and O–H groups in total. The Hall–Kier alpha value is -1.12. The summed E-state index contributed by atoms with van der Waals surface area (Å²) in [7, 11) is 0. The lowest BCUT2D eigenvalue weighted by Crippen LogP contribution is -1.94. The SMILES string of the molecule is CCCCCCCC=CC(=O)CCCCCCCCC(=O)O. The first-order valence-corrected chi connectivity index (χ1v) is 9.08. The third-order valence-corrected chi connectivity index (χ3v) is 3.84. The third-order valence-electron chi connectivity index (χ3n) is 3.84. The minimum Gasteiger partial charge on any atom is -0.481 e. The van der Waals surface area contributed by atoms with Crippen molar-refractivity contribution in [2.45, 2.75) is 96.8 Å². The van der Waals surface area contributed by atoms with E-state index in [1.165, 1.54) is 32.1 Å². The lowest BCUT2D eigenvalue weighted by atomic mass is 10.1. The average Bonchev–Trinajstić information content (AvgIpc) is 2.48. The van der Waals surface area contributed by atoms with Crippen LogP contribution in [0.4, 0.5) is 0 Å². The van der Waals surface area contributed by atoms with E-state index < -0.39 is 5.97 Å². The molecule has 0 heterocycles. The van der Waals surface area contributed by atoms with Gasteiger partial charge in [0.05, 0.1) is 0 Å². The van der Waals surface area contributed by atoms with Crippen molar-refractivity contribution in [1.29, 1.82) is 0 Å². The van der Waals surface area contributed by atoms with Gasteiger partial charge in [-0.3, -0.25) is 9.59 Å². The van der Waals surface area contributed by atoms with Crippen LogP contribution < -0.4 is 0 Å². The predicted octanol–water partition coefficient (Wildman–Crippen LogP) is 5.68. The van der Waals surface area contributed by atoms with Crippen LogP contribution in [0.5, 0.6) is 0 Å². The summed E-state index contributed by atoms with van der Waals surface area (Å²) in [6, 6.07) is 0. The molecule has 0 saturated carbocycles. The maximum Gasteiger partial charge on any atom is 0.303 e. The fourth-order valence-corrected chi connectivity index (χ4v) is 2.45. The largest absolute Gasteiger partial charge is 0.481 e. The lowest BCUT2D eigenvalue weighted by molar-refractivity contribution is -0.137. The fourth-order valence-electron chi connectivity index (χ4n) is 2.45. The Labute approximate surface area is 136 Å². The van der Waals surface area contributed by atoms with Crippen molar-refractivity contribution in [2.24, 2.45) is 0 Å². The second-order valence-electron chi connectivity index (χ2n) is 6.09. The third kappa shape index (κ3) is 16.9. The Balaban J connectivity index is 3.29. The molecule has 0 rings (SSSR count). The van der Waals surface area contributed by atoms with Crippen LogP contribution in [0, 0.1) is 0 Å². The molecular formula is C19H34O3. The molecule has 0 bridgehead atoms. The maximum atomic E-state index is 11.6. The van der Waals surface area contributed by atoms with Gasteiger partial charge in [0.1, 0.15) is 0 Å². The number of unbranched alkanes of at least 4 members (excludes halogenated alkanes) is 10. The minimum absolute atomic E-state index is 0.249. The Kier molecular flexibility index (Phi) is 15.4. The normalized spacial score (nSPS) is 11.1. The topological polar surface area (TPSA) is 54.4 Å². The van der Waals surface area contributed by atoms with Crippen molar-refractivity contribution in [3.8, 4) is 0 Å². The minimum atomic E-state index is -0.706. The molecule has 0 atom stereocenters. The molecule has 0 aliphatic heterocycles. The number of ketones is 1. The van der Waals surface area contributed by atoms with Gasteiger partial charge < -0.3 is 5.11 Å². The van der Waals surface area contributed by atoms with Crippen LogP contribution in [0.1, 0.15) is 96.8 Å². The van der Waals surface area contributed by atoms with Crippen LogP contribution in [0.3, 0.4) is 0 Å². The second-order valence-corrected chi connectivity index (χ2v) is 6.09. The highest BCUT2D eigenvalue weighted by Crippen LogP contribution is 2.09. The smallest absolute Gasteiger partial charge is 0.303 e. The number of carboxylic acids is 1. The Morgan fingerprint density at radius 2 is 1.32 bits per heavy atom. The lowest BCUT2D eigenvalue weighted by Gasteiger charge is -2.00. The van der Waals surface area contributed by atoms with Crippen LogP contribution in [0.25, 0.3) is 0 Å². The van der Waals surface area contributed by atoms with E-state index in [9.17, 15) is 9.59 Å². The van der Waals surface area contributed by atoms with E-state index in [1.807, 2.05) is 6.08 Å². The van der Waals surface area contributed by atoms with Gasteiger partial charge in [-0.2, -0.15) is 0 Å². The van der Waals surface area contributed by atoms with Gasteiger partial charge in [0.25, 0.3) is 0 Å². The number of carbonyl (C=O) groups is 2. The van der Waals surface area contributed by atoms with E-state index in [1.54, 1.807) is 6.08 Å². The van der Waals surface area contributed by atoms with Crippen LogP contribution in [-0.4, -0.2) is 16.9 Å². The van der Waals surface area contributed by atoms with E-state index in [-0.39, 0.29) is 12.2 Å². The van der Waals surface area contributed by atoms with Crippen molar-refractivity contribution >= 4 is 11.8 Å². The molecule has 0 fully saturated rings. The Morgan fingerprint density at radius 1 is 0.773 bits per heavy atom. The van der Waals surface area contributed by atoms with Gasteiger partial charge in [0.2, 0.25) is 0 Å². The Morgan fingerprint density at radius 3 is 1.95 bits per heavy atom. The molecule has 0 radical (unpaired) electrons. The highest BCUT2D eigenvalue weighted by atomic mass is 16.4. The summed E-state index contributed by atoms with van der Waals surface area (Å²) in [5, 5.41) is 8.51. The Bertz CT molecular complexity index is 308. The fraction of sp³-hybridized carbons (Fsp3) is 0.789. The first-order valence-electron chi connectivity index (χ1n) is 9.08. The zero-order chi connectivity index (χ0) is 16.5. The summed E-state index contributed by atoms with van der Waals surface area (Å²) < 4.78 is 0. The molecule has 0 aliphatic carbocycles. The maximum absolute atomic E-state index is 11.6. The van der Waals surface area contributed by atoms with E-state index in [0.29, 0.717) is 6.42 Å². The zero-order valence-corrected chi connectivity index (χ0v) is 14.3. The van der Waals surface area contributed by atoms with E-state index in [4.69, 9.17) is 5.11 Å². The van der Waals surface area contributed by atoms with Crippen molar-refractivity contribution in [3.63, 3.8) is 0 Å². The number of aliphatic carboxylic acids is 1. The molecule has 128 valence electrons. The number of hydrogen-bond acceptors (Lipinski definition) is 2. The summed E-state index contributed by atoms with van der Waals surface area (Å²) in [4.78, 5) is 22.0. The molecule has 0 spiro atoms. The van der Waals surface area contributed by atoms with E-state index >= 15 is 0 Å². The number of hydrogen-bond donors (Lipinski definition) is 1. The number of carboxylic acid groups (broad SMARTS) is 1. The van der Waals surface area contributed by atoms with Crippen molar-refractivity contribution in [3.05, 3.63) is 12.2 Å². The first kappa shape index (κ1) is 20.9. The van der Waals surface area contributed by atoms with Crippen LogP contribution in [-0.2, 0) is 9.59 Å². The quantitative estimate of drug-likeness (QED) is 0.295. The van der Waals surface area contributed by atoms with Gasteiger partial charge in [-0.15, -0.1) is 0 Å². The van der Waals surface area contributed by atoms with Crippen molar-refractivity contribution in [1.82, 2.24) is 0 Å². The molecule has 0 aromatic heterocycles. The van der Waals surface area contributed by atoms with Gasteiger partial charge in [-0.05, 0) is 31.8 Å². The molecule has 0 aliphatic rings. The van der Waals surface area contributed by atoms with Crippen LogP contribution in [0.2, 0.25) is 0 Å². The molecule has 0 saturated heterocycles. The van der Waals surface area contributed by atoms with Gasteiger partial charge in [0.15, 0.2) is 5.78 Å². The van der Waals surface area contributed by atoms with Gasteiger partial charge in [0, 0.05) is 12.8 Å². The molecule has 0 unspecified atom stereocenters. The monoisotopic (exact) mass is 310 g/mol. The highest BCUT2D eigenvalue weighted by Gasteiger charge is 1.99. The summed E-state index contributed by atoms with van der Waals surface area (Å²) in [5.74, 6) is -0.456. The molecule has 3 heteroatoms. The summed E-state index contributed by atoms with van der Waals surface area (Å²) in [5.41, 5.74) is 0. The summed E-state index contributed by atoms with van der Waals surface area (Å²) in [6.07, 6.45) is 18.1. The van der Waals surface area contributed by atoms with Gasteiger partial charge >= 0.3 is 5.97 Å². The molecule has 3 nitrogen and oxygen atoms in total. The number of allylic oxidation sites excluding steroid dienone is 2. The van der Waals surface area contributed by atoms with Crippen LogP contribution >= 0.6 is 0 Å². The summed E-state index contributed by atoms with van der Waals surface area (Å²) in [6.45, 7) is 2.22. The predicted molar refractivity (Wildman–Crippen MR) is 92.1 cm³/mol. The molecule has 0 aromatic rings.